The molecular weight excluding hydrogens is 222 g/mol. The van der Waals surface area contributed by atoms with Gasteiger partial charge in [0.2, 0.25) is 0 Å². The van der Waals surface area contributed by atoms with Gasteiger partial charge in [-0.3, -0.25) is 0 Å². The van der Waals surface area contributed by atoms with Crippen LogP contribution in [0.25, 0.3) is 0 Å². The highest BCUT2D eigenvalue weighted by atomic mass is 16.5. The van der Waals surface area contributed by atoms with E-state index in [1.54, 1.807) is 0 Å². The van der Waals surface area contributed by atoms with Crippen LogP contribution >= 0.6 is 0 Å². The molecule has 0 aromatic heterocycles. The molecule has 1 N–H and O–H groups in total. The van der Waals surface area contributed by atoms with Crippen molar-refractivity contribution >= 4 is 0 Å². The van der Waals surface area contributed by atoms with E-state index in [0.717, 1.165) is 18.8 Å². The number of hydrogen-bond acceptors (Lipinski definition) is 2. The highest BCUT2D eigenvalue weighted by Crippen LogP contribution is 2.26. The van der Waals surface area contributed by atoms with Gasteiger partial charge in [0.15, 0.2) is 0 Å². The summed E-state index contributed by atoms with van der Waals surface area (Å²) in [6.07, 6.45) is 0. The van der Waals surface area contributed by atoms with Crippen molar-refractivity contribution in [2.75, 3.05) is 13.1 Å². The molecule has 102 valence electrons. The van der Waals surface area contributed by atoms with Crippen LogP contribution in [-0.2, 0) is 5.41 Å². The lowest BCUT2D eigenvalue weighted by Crippen LogP contribution is -2.32. The van der Waals surface area contributed by atoms with Crippen LogP contribution < -0.4 is 10.1 Å². The first kappa shape index (κ1) is 15.0. The zero-order valence-corrected chi connectivity index (χ0v) is 12.6. The third kappa shape index (κ3) is 4.69. The summed E-state index contributed by atoms with van der Waals surface area (Å²) in [6.45, 7) is 14.8. The molecule has 1 aromatic carbocycles. The van der Waals surface area contributed by atoms with Crippen molar-refractivity contribution in [3.05, 3.63) is 29.8 Å². The normalized spacial score (nSPS) is 12.6. The first-order chi connectivity index (χ1) is 8.24. The fourth-order valence-corrected chi connectivity index (χ4v) is 1.87. The van der Waals surface area contributed by atoms with Gasteiger partial charge in [0.25, 0.3) is 0 Å². The number of benzene rings is 1. The third-order valence-corrected chi connectivity index (χ3v) is 2.88. The topological polar surface area (TPSA) is 21.3 Å². The lowest BCUT2D eigenvalue weighted by molar-refractivity contribution is 0.131. The Hall–Kier alpha value is -1.02. The van der Waals surface area contributed by atoms with Crippen molar-refractivity contribution in [1.29, 1.82) is 0 Å². The molecule has 0 heterocycles. The molecule has 0 saturated carbocycles. The minimum atomic E-state index is -0.138. The second-order valence-corrected chi connectivity index (χ2v) is 6.40. The van der Waals surface area contributed by atoms with E-state index in [1.807, 2.05) is 0 Å². The Kier molecular flexibility index (Phi) is 4.80. The van der Waals surface area contributed by atoms with E-state index in [2.05, 4.69) is 71.1 Å². The number of rotatable bonds is 5. The molecule has 0 fully saturated rings. The average Bonchev–Trinajstić information content (AvgIpc) is 2.25. The Morgan fingerprint density at radius 2 is 1.56 bits per heavy atom. The molecule has 18 heavy (non-hydrogen) atoms. The summed E-state index contributed by atoms with van der Waals surface area (Å²) < 4.78 is 5.83. The van der Waals surface area contributed by atoms with Crippen molar-refractivity contribution < 1.29 is 4.74 Å². The minimum Gasteiger partial charge on any atom is -0.488 e. The summed E-state index contributed by atoms with van der Waals surface area (Å²) >= 11 is 0. The second-order valence-electron chi connectivity index (χ2n) is 6.40. The molecule has 0 aliphatic rings. The van der Waals surface area contributed by atoms with Gasteiger partial charge in [0.1, 0.15) is 11.4 Å². The van der Waals surface area contributed by atoms with Crippen LogP contribution in [0.3, 0.4) is 0 Å². The van der Waals surface area contributed by atoms with Gasteiger partial charge >= 0.3 is 0 Å². The maximum absolute atomic E-state index is 5.83. The fraction of sp³-hybridized carbons (Fsp3) is 0.625. The molecule has 2 heteroatoms. The quantitative estimate of drug-likeness (QED) is 0.858. The molecule has 0 atom stereocenters. The minimum absolute atomic E-state index is 0.138. The zero-order valence-electron chi connectivity index (χ0n) is 12.6. The van der Waals surface area contributed by atoms with Crippen LogP contribution in [0.15, 0.2) is 24.3 Å². The molecule has 0 radical (unpaired) electrons. The van der Waals surface area contributed by atoms with Crippen molar-refractivity contribution in [2.24, 2.45) is 0 Å². The number of likely N-dealkylation sites (N-methyl/N-ethyl adjacent to an activating group) is 1. The summed E-state index contributed by atoms with van der Waals surface area (Å²) in [5, 5.41) is 3.41. The lowest BCUT2D eigenvalue weighted by Gasteiger charge is -2.26. The first-order valence-electron chi connectivity index (χ1n) is 6.75. The molecular formula is C16H27NO. The Morgan fingerprint density at radius 1 is 1.00 bits per heavy atom. The van der Waals surface area contributed by atoms with Gasteiger partial charge in [-0.25, -0.2) is 0 Å². The molecule has 2 nitrogen and oxygen atoms in total. The van der Waals surface area contributed by atoms with Gasteiger partial charge in [0, 0.05) is 12.0 Å². The van der Waals surface area contributed by atoms with E-state index in [9.17, 15) is 0 Å². The van der Waals surface area contributed by atoms with E-state index < -0.39 is 0 Å². The second kappa shape index (κ2) is 5.75. The van der Waals surface area contributed by atoms with Crippen LogP contribution in [0.1, 0.15) is 47.1 Å². The molecule has 1 aromatic rings. The van der Waals surface area contributed by atoms with Crippen molar-refractivity contribution in [2.45, 2.75) is 52.6 Å². The van der Waals surface area contributed by atoms with E-state index >= 15 is 0 Å². The Bertz CT molecular complexity index is 360. The number of ether oxygens (including phenoxy) is 1. The van der Waals surface area contributed by atoms with Crippen LogP contribution in [0.2, 0.25) is 0 Å². The van der Waals surface area contributed by atoms with Gasteiger partial charge in [-0.05, 0) is 45.0 Å². The largest absolute Gasteiger partial charge is 0.488 e. The fourth-order valence-electron chi connectivity index (χ4n) is 1.87. The van der Waals surface area contributed by atoms with Gasteiger partial charge in [0.05, 0.1) is 0 Å². The summed E-state index contributed by atoms with van der Waals surface area (Å²) in [6, 6.07) is 8.46. The summed E-state index contributed by atoms with van der Waals surface area (Å²) in [4.78, 5) is 0. The molecule has 0 spiro atoms. The van der Waals surface area contributed by atoms with E-state index in [-0.39, 0.29) is 11.0 Å². The van der Waals surface area contributed by atoms with Crippen LogP contribution in [0, 0.1) is 0 Å². The predicted octanol–water partition coefficient (Wildman–Crippen LogP) is 3.75. The predicted molar refractivity (Wildman–Crippen MR) is 78.4 cm³/mol. The maximum atomic E-state index is 5.83. The molecule has 0 amide bonds. The molecule has 0 unspecified atom stereocenters. The first-order valence-corrected chi connectivity index (χ1v) is 6.75. The number of nitrogens with one attached hydrogen (secondary N) is 1. The maximum Gasteiger partial charge on any atom is 0.120 e. The van der Waals surface area contributed by atoms with Crippen molar-refractivity contribution in [1.82, 2.24) is 5.32 Å². The van der Waals surface area contributed by atoms with Crippen LogP contribution in [0.4, 0.5) is 0 Å². The molecule has 0 bridgehead atoms. The molecule has 1 rings (SSSR count). The molecule has 0 aliphatic carbocycles. The van der Waals surface area contributed by atoms with E-state index in [1.165, 1.54) is 5.56 Å². The highest BCUT2D eigenvalue weighted by Gasteiger charge is 2.20. The lowest BCUT2D eigenvalue weighted by atomic mass is 9.84. The average molecular weight is 249 g/mol. The Balaban J connectivity index is 2.76. The van der Waals surface area contributed by atoms with E-state index in [0.29, 0.717) is 0 Å². The number of hydrogen-bond donors (Lipinski definition) is 1. The molecule has 0 aliphatic heterocycles. The van der Waals surface area contributed by atoms with Crippen LogP contribution in [-0.4, -0.2) is 18.7 Å². The van der Waals surface area contributed by atoms with Crippen LogP contribution in [0.5, 0.6) is 5.75 Å². The van der Waals surface area contributed by atoms with Crippen molar-refractivity contribution in [3.8, 4) is 5.75 Å². The zero-order chi connectivity index (χ0) is 13.8. The Morgan fingerprint density at radius 3 is 2.00 bits per heavy atom. The standard InChI is InChI=1S/C16H27NO/c1-7-17-12-16(5,6)13-8-10-14(11-9-13)18-15(2,3)4/h8-11,17H,7,12H2,1-6H3. The van der Waals surface area contributed by atoms with Gasteiger partial charge in [-0.15, -0.1) is 0 Å². The van der Waals surface area contributed by atoms with Gasteiger partial charge in [-0.1, -0.05) is 32.9 Å². The Labute approximate surface area is 112 Å². The van der Waals surface area contributed by atoms with Crippen molar-refractivity contribution in [3.63, 3.8) is 0 Å². The monoisotopic (exact) mass is 249 g/mol. The van der Waals surface area contributed by atoms with Gasteiger partial charge in [-0.2, -0.15) is 0 Å². The summed E-state index contributed by atoms with van der Waals surface area (Å²) in [5.41, 5.74) is 1.35. The summed E-state index contributed by atoms with van der Waals surface area (Å²) in [5.74, 6) is 0.936. The SMILES string of the molecule is CCNCC(C)(C)c1ccc(OC(C)(C)C)cc1. The van der Waals surface area contributed by atoms with Gasteiger partial charge < -0.3 is 10.1 Å². The third-order valence-electron chi connectivity index (χ3n) is 2.88. The molecule has 0 saturated heterocycles. The summed E-state index contributed by atoms with van der Waals surface area (Å²) in [7, 11) is 0. The smallest absolute Gasteiger partial charge is 0.120 e. The highest BCUT2D eigenvalue weighted by molar-refractivity contribution is 5.32. The van der Waals surface area contributed by atoms with E-state index in [4.69, 9.17) is 4.74 Å².